The Bertz CT molecular complexity index is 670. The minimum atomic E-state index is -0.440. The van der Waals surface area contributed by atoms with Crippen LogP contribution in [0.25, 0.3) is 0 Å². The third kappa shape index (κ3) is 4.78. The zero-order chi connectivity index (χ0) is 17.5. The molecule has 0 aliphatic carbocycles. The Labute approximate surface area is 153 Å². The molecule has 0 aliphatic rings. The van der Waals surface area contributed by atoms with Gasteiger partial charge < -0.3 is 25.3 Å². The average Bonchev–Trinajstić information content (AvgIpc) is 2.62. The van der Waals surface area contributed by atoms with Gasteiger partial charge in [-0.15, -0.1) is 12.4 Å². The Morgan fingerprint density at radius 2 is 1.60 bits per heavy atom. The van der Waals surface area contributed by atoms with E-state index in [0.717, 1.165) is 5.56 Å². The van der Waals surface area contributed by atoms with Crippen LogP contribution in [0.3, 0.4) is 0 Å². The molecule has 0 heterocycles. The Morgan fingerprint density at radius 3 is 2.04 bits per heavy atom. The highest BCUT2D eigenvalue weighted by atomic mass is 35.5. The number of carbonyl (C=O) groups is 1. The molecule has 0 aromatic heterocycles. The van der Waals surface area contributed by atoms with E-state index in [1.54, 1.807) is 12.1 Å². The van der Waals surface area contributed by atoms with Gasteiger partial charge in [-0.25, -0.2) is 0 Å². The summed E-state index contributed by atoms with van der Waals surface area (Å²) in [6, 6.07) is 12.8. The molecule has 0 radical (unpaired) electrons. The van der Waals surface area contributed by atoms with Gasteiger partial charge in [0, 0.05) is 24.4 Å². The van der Waals surface area contributed by atoms with E-state index in [1.165, 1.54) is 21.3 Å². The predicted molar refractivity (Wildman–Crippen MR) is 100 cm³/mol. The summed E-state index contributed by atoms with van der Waals surface area (Å²) >= 11 is 0. The maximum Gasteiger partial charge on any atom is 0.233 e. The monoisotopic (exact) mass is 366 g/mol. The molecule has 25 heavy (non-hydrogen) atoms. The first-order chi connectivity index (χ1) is 11.6. The predicted octanol–water partition coefficient (Wildman–Crippen LogP) is 2.82. The number of halogens is 1. The van der Waals surface area contributed by atoms with E-state index in [2.05, 4.69) is 5.32 Å². The quantitative estimate of drug-likeness (QED) is 0.787. The first-order valence-corrected chi connectivity index (χ1v) is 7.50. The number of anilines is 1. The first kappa shape index (κ1) is 20.6. The number of hydrogen-bond donors (Lipinski definition) is 2. The van der Waals surface area contributed by atoms with Crippen LogP contribution in [-0.4, -0.2) is 33.8 Å². The molecule has 7 heteroatoms. The van der Waals surface area contributed by atoms with Crippen molar-refractivity contribution in [2.45, 2.75) is 5.92 Å². The van der Waals surface area contributed by atoms with Crippen LogP contribution in [0.2, 0.25) is 0 Å². The van der Waals surface area contributed by atoms with E-state index in [0.29, 0.717) is 22.9 Å². The topological polar surface area (TPSA) is 82.8 Å². The highest BCUT2D eigenvalue weighted by Gasteiger charge is 2.20. The Kier molecular flexibility index (Phi) is 8.04. The number of nitrogens with two attached hydrogens (primary N) is 1. The number of rotatable bonds is 7. The fourth-order valence-electron chi connectivity index (χ4n) is 2.46. The molecule has 3 N–H and O–H groups in total. The normalized spacial score (nSPS) is 11.0. The number of methoxy groups -OCH3 is 3. The molecule has 1 amide bonds. The summed E-state index contributed by atoms with van der Waals surface area (Å²) in [6.45, 7) is 0.209. The van der Waals surface area contributed by atoms with Crippen LogP contribution >= 0.6 is 12.4 Å². The van der Waals surface area contributed by atoms with E-state index in [1.807, 2.05) is 30.3 Å². The molecule has 0 bridgehead atoms. The van der Waals surface area contributed by atoms with Gasteiger partial charge in [-0.3, -0.25) is 4.79 Å². The summed E-state index contributed by atoms with van der Waals surface area (Å²) in [7, 11) is 4.57. The van der Waals surface area contributed by atoms with E-state index in [-0.39, 0.29) is 24.9 Å². The van der Waals surface area contributed by atoms with Crippen molar-refractivity contribution in [3.05, 3.63) is 48.0 Å². The minimum Gasteiger partial charge on any atom is -0.493 e. The van der Waals surface area contributed by atoms with Crippen LogP contribution in [0, 0.1) is 0 Å². The smallest absolute Gasteiger partial charge is 0.233 e. The van der Waals surface area contributed by atoms with Crippen LogP contribution in [0.4, 0.5) is 5.69 Å². The number of amides is 1. The van der Waals surface area contributed by atoms with E-state index < -0.39 is 5.92 Å². The lowest BCUT2D eigenvalue weighted by Gasteiger charge is -2.18. The maximum absolute atomic E-state index is 12.6. The van der Waals surface area contributed by atoms with Crippen molar-refractivity contribution in [1.82, 2.24) is 0 Å². The zero-order valence-corrected chi connectivity index (χ0v) is 15.3. The summed E-state index contributed by atoms with van der Waals surface area (Å²) in [4.78, 5) is 12.6. The second-order valence-electron chi connectivity index (χ2n) is 5.10. The van der Waals surface area contributed by atoms with Crippen molar-refractivity contribution in [3.63, 3.8) is 0 Å². The molecule has 2 aromatic rings. The molecule has 6 nitrogen and oxygen atoms in total. The van der Waals surface area contributed by atoms with E-state index in [9.17, 15) is 4.79 Å². The maximum atomic E-state index is 12.6. The molecule has 0 aliphatic heterocycles. The summed E-state index contributed by atoms with van der Waals surface area (Å²) in [5.41, 5.74) is 7.20. The highest BCUT2D eigenvalue weighted by molar-refractivity contribution is 5.96. The molecule has 136 valence electrons. The van der Waals surface area contributed by atoms with Crippen LogP contribution in [0.5, 0.6) is 17.2 Å². The molecule has 0 saturated carbocycles. The largest absolute Gasteiger partial charge is 0.493 e. The summed E-state index contributed by atoms with van der Waals surface area (Å²) in [5, 5.41) is 2.86. The van der Waals surface area contributed by atoms with Gasteiger partial charge in [0.1, 0.15) is 0 Å². The third-order valence-corrected chi connectivity index (χ3v) is 3.69. The minimum absolute atomic E-state index is 0. The van der Waals surface area contributed by atoms with Crippen LogP contribution in [0.15, 0.2) is 42.5 Å². The number of hydrogen-bond acceptors (Lipinski definition) is 5. The second kappa shape index (κ2) is 9.76. The molecule has 2 aromatic carbocycles. The van der Waals surface area contributed by atoms with E-state index in [4.69, 9.17) is 19.9 Å². The van der Waals surface area contributed by atoms with Gasteiger partial charge in [0.2, 0.25) is 11.7 Å². The lowest BCUT2D eigenvalue weighted by Crippen LogP contribution is -2.27. The summed E-state index contributed by atoms with van der Waals surface area (Å²) < 4.78 is 15.9. The molecular weight excluding hydrogens is 344 g/mol. The number of ether oxygens (including phenoxy) is 3. The number of nitrogens with one attached hydrogen (secondary N) is 1. The average molecular weight is 367 g/mol. The van der Waals surface area contributed by atoms with Crippen molar-refractivity contribution in [2.24, 2.45) is 5.73 Å². The SMILES string of the molecule is COc1cc(NC(=O)C(CN)c2ccccc2)cc(OC)c1OC.Cl. The van der Waals surface area contributed by atoms with Gasteiger partial charge in [-0.2, -0.15) is 0 Å². The van der Waals surface area contributed by atoms with Gasteiger partial charge in [0.25, 0.3) is 0 Å². The first-order valence-electron chi connectivity index (χ1n) is 7.50. The number of carbonyl (C=O) groups excluding carboxylic acids is 1. The molecule has 2 rings (SSSR count). The lowest BCUT2D eigenvalue weighted by molar-refractivity contribution is -0.117. The Balaban J connectivity index is 0.00000312. The van der Waals surface area contributed by atoms with Crippen LogP contribution in [-0.2, 0) is 4.79 Å². The van der Waals surface area contributed by atoms with Crippen molar-refractivity contribution >= 4 is 24.0 Å². The van der Waals surface area contributed by atoms with Gasteiger partial charge in [0.05, 0.1) is 27.2 Å². The van der Waals surface area contributed by atoms with Crippen LogP contribution < -0.4 is 25.3 Å². The van der Waals surface area contributed by atoms with Gasteiger partial charge in [-0.05, 0) is 5.56 Å². The molecule has 0 fully saturated rings. The molecular formula is C18H23ClN2O4. The molecule has 1 atom stereocenters. The van der Waals surface area contributed by atoms with E-state index >= 15 is 0 Å². The molecule has 1 unspecified atom stereocenters. The molecule has 0 saturated heterocycles. The Morgan fingerprint density at radius 1 is 1.04 bits per heavy atom. The van der Waals surface area contributed by atoms with Crippen molar-refractivity contribution < 1.29 is 19.0 Å². The highest BCUT2D eigenvalue weighted by Crippen LogP contribution is 2.40. The van der Waals surface area contributed by atoms with Gasteiger partial charge >= 0.3 is 0 Å². The van der Waals surface area contributed by atoms with Crippen molar-refractivity contribution in [1.29, 1.82) is 0 Å². The standard InChI is InChI=1S/C18H22N2O4.ClH/c1-22-15-9-13(10-16(23-2)17(15)24-3)20-18(21)14(11-19)12-7-5-4-6-8-12;/h4-10,14H,11,19H2,1-3H3,(H,20,21);1H. The molecule has 0 spiro atoms. The van der Waals surface area contributed by atoms with Crippen molar-refractivity contribution in [3.8, 4) is 17.2 Å². The zero-order valence-electron chi connectivity index (χ0n) is 14.4. The van der Waals surface area contributed by atoms with Crippen molar-refractivity contribution in [2.75, 3.05) is 33.2 Å². The second-order valence-corrected chi connectivity index (χ2v) is 5.10. The van der Waals surface area contributed by atoms with Crippen LogP contribution in [0.1, 0.15) is 11.5 Å². The van der Waals surface area contributed by atoms with Gasteiger partial charge in [-0.1, -0.05) is 30.3 Å². The third-order valence-electron chi connectivity index (χ3n) is 3.69. The number of benzene rings is 2. The summed E-state index contributed by atoms with van der Waals surface area (Å²) in [5.74, 6) is 0.770. The summed E-state index contributed by atoms with van der Waals surface area (Å²) in [6.07, 6.45) is 0. The van der Waals surface area contributed by atoms with Gasteiger partial charge in [0.15, 0.2) is 11.5 Å². The fourth-order valence-corrected chi connectivity index (χ4v) is 2.46. The Hall–Kier alpha value is -2.44. The lowest BCUT2D eigenvalue weighted by atomic mass is 9.98. The fraction of sp³-hybridized carbons (Fsp3) is 0.278.